The maximum absolute atomic E-state index is 11.5. The van der Waals surface area contributed by atoms with Crippen LogP contribution in [0.2, 0.25) is 0 Å². The van der Waals surface area contributed by atoms with Gasteiger partial charge >= 0.3 is 5.97 Å². The zero-order valence-corrected chi connectivity index (χ0v) is 14.9. The molecule has 0 unspecified atom stereocenters. The van der Waals surface area contributed by atoms with Crippen LogP contribution in [0.25, 0.3) is 0 Å². The number of aliphatic carboxylic acids is 1. The molecular weight excluding hydrogens is 346 g/mol. The van der Waals surface area contributed by atoms with E-state index in [4.69, 9.17) is 19.9 Å². The number of carboxylic acids is 1. The summed E-state index contributed by atoms with van der Waals surface area (Å²) in [6.07, 6.45) is -0.0443. The summed E-state index contributed by atoms with van der Waals surface area (Å²) in [6, 6.07) is 18.6. The summed E-state index contributed by atoms with van der Waals surface area (Å²) in [5, 5.41) is 9.42. The average molecular weight is 369 g/mol. The third-order valence-electron chi connectivity index (χ3n) is 4.37. The molecule has 0 spiro atoms. The summed E-state index contributed by atoms with van der Waals surface area (Å²) < 4.78 is 17.1. The molecule has 3 rings (SSSR count). The quantitative estimate of drug-likeness (QED) is 0.743. The van der Waals surface area contributed by atoms with E-state index < -0.39 is 24.2 Å². The molecular formula is C21H23NO5. The van der Waals surface area contributed by atoms with E-state index in [-0.39, 0.29) is 18.8 Å². The number of nitrogens with two attached hydrogens (primary N) is 1. The second kappa shape index (κ2) is 9.32. The van der Waals surface area contributed by atoms with Gasteiger partial charge in [0, 0.05) is 0 Å². The van der Waals surface area contributed by atoms with Crippen LogP contribution in [0, 0.1) is 0 Å². The fourth-order valence-electron chi connectivity index (χ4n) is 2.87. The first-order valence-corrected chi connectivity index (χ1v) is 8.76. The highest BCUT2D eigenvalue weighted by Crippen LogP contribution is 2.23. The van der Waals surface area contributed by atoms with E-state index in [1.807, 2.05) is 60.7 Å². The van der Waals surface area contributed by atoms with Gasteiger partial charge in [0.25, 0.3) is 0 Å². The van der Waals surface area contributed by atoms with Crippen molar-refractivity contribution in [3.05, 3.63) is 83.6 Å². The van der Waals surface area contributed by atoms with Gasteiger partial charge in [-0.05, 0) is 11.1 Å². The minimum atomic E-state index is -1.10. The molecule has 0 saturated carbocycles. The Morgan fingerprint density at radius 3 is 2.19 bits per heavy atom. The van der Waals surface area contributed by atoms with E-state index in [1.54, 1.807) is 0 Å². The van der Waals surface area contributed by atoms with Crippen LogP contribution >= 0.6 is 0 Å². The van der Waals surface area contributed by atoms with Gasteiger partial charge in [-0.1, -0.05) is 60.7 Å². The Hall–Kier alpha value is -2.67. The molecule has 6 heteroatoms. The molecule has 0 radical (unpaired) electrons. The van der Waals surface area contributed by atoms with Crippen LogP contribution < -0.4 is 5.73 Å². The zero-order chi connectivity index (χ0) is 19.1. The highest BCUT2D eigenvalue weighted by molar-refractivity contribution is 5.87. The number of carboxylic acid groups (broad SMARTS) is 1. The Labute approximate surface area is 158 Å². The van der Waals surface area contributed by atoms with Crippen molar-refractivity contribution < 1.29 is 24.1 Å². The topological polar surface area (TPSA) is 91.0 Å². The van der Waals surface area contributed by atoms with Gasteiger partial charge in [-0.25, -0.2) is 4.79 Å². The predicted molar refractivity (Wildman–Crippen MR) is 99.7 cm³/mol. The molecule has 6 nitrogen and oxygen atoms in total. The molecule has 27 heavy (non-hydrogen) atoms. The van der Waals surface area contributed by atoms with Crippen molar-refractivity contribution in [3.8, 4) is 0 Å². The van der Waals surface area contributed by atoms with E-state index in [0.29, 0.717) is 6.61 Å². The van der Waals surface area contributed by atoms with Crippen molar-refractivity contribution in [2.24, 2.45) is 5.73 Å². The minimum absolute atomic E-state index is 0.0118. The Morgan fingerprint density at radius 1 is 1.00 bits per heavy atom. The fourth-order valence-corrected chi connectivity index (χ4v) is 2.87. The SMILES string of the molecule is N[C@H]1[C@H](OCc2ccccc2)C(C(=O)O)=CO[C@@H]1COCc1ccccc1. The van der Waals surface area contributed by atoms with Gasteiger partial charge in [0.1, 0.15) is 17.8 Å². The van der Waals surface area contributed by atoms with Crippen LogP contribution in [0.4, 0.5) is 0 Å². The lowest BCUT2D eigenvalue weighted by atomic mass is 9.97. The van der Waals surface area contributed by atoms with Crippen molar-refractivity contribution in [2.45, 2.75) is 31.5 Å². The molecule has 0 aliphatic carbocycles. The molecule has 3 atom stereocenters. The van der Waals surface area contributed by atoms with Gasteiger partial charge in [0.05, 0.1) is 32.1 Å². The van der Waals surface area contributed by atoms with Crippen LogP contribution in [0.5, 0.6) is 0 Å². The summed E-state index contributed by atoms with van der Waals surface area (Å²) in [5.41, 5.74) is 8.26. The number of carbonyl (C=O) groups is 1. The van der Waals surface area contributed by atoms with Gasteiger partial charge < -0.3 is 25.1 Å². The van der Waals surface area contributed by atoms with Crippen LogP contribution in [0.1, 0.15) is 11.1 Å². The molecule has 0 bridgehead atoms. The van der Waals surface area contributed by atoms with Crippen LogP contribution in [0.15, 0.2) is 72.5 Å². The first-order chi connectivity index (χ1) is 13.1. The van der Waals surface area contributed by atoms with Crippen LogP contribution in [-0.4, -0.2) is 35.9 Å². The maximum Gasteiger partial charge on any atom is 0.337 e. The van der Waals surface area contributed by atoms with Crippen molar-refractivity contribution in [1.29, 1.82) is 0 Å². The standard InChI is InChI=1S/C21H23NO5/c22-19-18(14-25-11-15-7-3-1-4-8-15)26-13-17(21(23)24)20(19)27-12-16-9-5-2-6-10-16/h1-10,13,18-20H,11-12,14,22H2,(H,23,24)/t18-,19-,20-/m1/s1. The lowest BCUT2D eigenvalue weighted by molar-refractivity contribution is -0.137. The van der Waals surface area contributed by atoms with Crippen LogP contribution in [0.3, 0.4) is 0 Å². The Morgan fingerprint density at radius 2 is 1.59 bits per heavy atom. The molecule has 1 aliphatic heterocycles. The van der Waals surface area contributed by atoms with Crippen molar-refractivity contribution in [2.75, 3.05) is 6.61 Å². The second-order valence-corrected chi connectivity index (χ2v) is 6.35. The smallest absolute Gasteiger partial charge is 0.337 e. The second-order valence-electron chi connectivity index (χ2n) is 6.35. The van der Waals surface area contributed by atoms with E-state index >= 15 is 0 Å². The number of hydrogen-bond acceptors (Lipinski definition) is 5. The minimum Gasteiger partial charge on any atom is -0.493 e. The Kier molecular flexibility index (Phi) is 6.59. The molecule has 1 heterocycles. The molecule has 2 aromatic carbocycles. The van der Waals surface area contributed by atoms with E-state index in [2.05, 4.69) is 0 Å². The van der Waals surface area contributed by atoms with Gasteiger partial charge in [-0.3, -0.25) is 0 Å². The maximum atomic E-state index is 11.5. The summed E-state index contributed by atoms with van der Waals surface area (Å²) in [6.45, 7) is 0.935. The van der Waals surface area contributed by atoms with Crippen molar-refractivity contribution >= 4 is 5.97 Å². The summed E-state index contributed by atoms with van der Waals surface area (Å²) >= 11 is 0. The molecule has 2 aromatic rings. The van der Waals surface area contributed by atoms with Gasteiger partial charge in [0.2, 0.25) is 0 Å². The lowest BCUT2D eigenvalue weighted by Gasteiger charge is -2.34. The van der Waals surface area contributed by atoms with E-state index in [1.165, 1.54) is 6.26 Å². The Balaban J connectivity index is 1.61. The third-order valence-corrected chi connectivity index (χ3v) is 4.37. The molecule has 1 aliphatic rings. The molecule has 0 aromatic heterocycles. The monoisotopic (exact) mass is 369 g/mol. The molecule has 142 valence electrons. The largest absolute Gasteiger partial charge is 0.493 e. The predicted octanol–water partition coefficient (Wildman–Crippen LogP) is 2.48. The number of hydrogen-bond donors (Lipinski definition) is 2. The van der Waals surface area contributed by atoms with Gasteiger partial charge in [-0.2, -0.15) is 0 Å². The zero-order valence-electron chi connectivity index (χ0n) is 14.9. The van der Waals surface area contributed by atoms with E-state index in [9.17, 15) is 9.90 Å². The van der Waals surface area contributed by atoms with E-state index in [0.717, 1.165) is 11.1 Å². The van der Waals surface area contributed by atoms with Crippen molar-refractivity contribution in [1.82, 2.24) is 0 Å². The normalized spacial score (nSPS) is 22.0. The van der Waals surface area contributed by atoms with Gasteiger partial charge in [0.15, 0.2) is 0 Å². The molecule has 0 amide bonds. The molecule has 0 saturated heterocycles. The molecule has 0 fully saturated rings. The summed E-state index contributed by atoms with van der Waals surface area (Å²) in [7, 11) is 0. The van der Waals surface area contributed by atoms with Gasteiger partial charge in [-0.15, -0.1) is 0 Å². The third kappa shape index (κ3) is 5.17. The highest BCUT2D eigenvalue weighted by atomic mass is 16.5. The first-order valence-electron chi connectivity index (χ1n) is 8.76. The van der Waals surface area contributed by atoms with Crippen LogP contribution in [-0.2, 0) is 32.2 Å². The number of benzene rings is 2. The summed E-state index contributed by atoms with van der Waals surface area (Å²) in [4.78, 5) is 11.5. The highest BCUT2D eigenvalue weighted by Gasteiger charge is 2.38. The lowest BCUT2D eigenvalue weighted by Crippen LogP contribution is -2.53. The van der Waals surface area contributed by atoms with Crippen molar-refractivity contribution in [3.63, 3.8) is 0 Å². The fraction of sp³-hybridized carbons (Fsp3) is 0.286. The number of rotatable bonds is 8. The average Bonchev–Trinajstić information content (AvgIpc) is 2.69. The first kappa shape index (κ1) is 19.1. The summed E-state index contributed by atoms with van der Waals surface area (Å²) in [5.74, 6) is -1.10. The molecule has 3 N–H and O–H groups in total. The number of ether oxygens (including phenoxy) is 3. The Bertz CT molecular complexity index is 763.